The van der Waals surface area contributed by atoms with E-state index in [1.54, 1.807) is 24.3 Å². The summed E-state index contributed by atoms with van der Waals surface area (Å²) < 4.78 is 0. The molecule has 0 unspecified atom stereocenters. The van der Waals surface area contributed by atoms with Crippen LogP contribution in [-0.2, 0) is 16.0 Å². The van der Waals surface area contributed by atoms with Crippen molar-refractivity contribution in [2.75, 3.05) is 16.4 Å². The lowest BCUT2D eigenvalue weighted by Crippen LogP contribution is -2.14. The van der Waals surface area contributed by atoms with E-state index >= 15 is 0 Å². The highest BCUT2D eigenvalue weighted by atomic mass is 32.2. The van der Waals surface area contributed by atoms with E-state index in [0.717, 1.165) is 12.0 Å². The lowest BCUT2D eigenvalue weighted by Gasteiger charge is -2.07. The molecule has 0 saturated carbocycles. The first-order chi connectivity index (χ1) is 13.5. The van der Waals surface area contributed by atoms with Crippen LogP contribution in [0.3, 0.4) is 0 Å². The highest BCUT2D eigenvalue weighted by molar-refractivity contribution is 7.99. The van der Waals surface area contributed by atoms with E-state index in [1.165, 1.54) is 24.2 Å². The van der Waals surface area contributed by atoms with Gasteiger partial charge in [-0.05, 0) is 30.2 Å². The smallest absolute Gasteiger partial charge is 0.234 e. The van der Waals surface area contributed by atoms with E-state index in [0.29, 0.717) is 22.4 Å². The van der Waals surface area contributed by atoms with Crippen LogP contribution in [0.25, 0.3) is 11.4 Å². The maximum absolute atomic E-state index is 12.2. The average molecular weight is 395 g/mol. The quantitative estimate of drug-likeness (QED) is 0.530. The number of nitrogens with one attached hydrogen (secondary N) is 3. The number of anilines is 2. The van der Waals surface area contributed by atoms with E-state index in [-0.39, 0.29) is 17.6 Å². The highest BCUT2D eigenvalue weighted by Gasteiger charge is 2.10. The molecule has 3 aromatic rings. The van der Waals surface area contributed by atoms with Gasteiger partial charge in [-0.2, -0.15) is 0 Å². The summed E-state index contributed by atoms with van der Waals surface area (Å²) >= 11 is 1.25. The molecule has 144 valence electrons. The van der Waals surface area contributed by atoms with Crippen molar-refractivity contribution in [3.8, 4) is 11.4 Å². The second-order valence-electron chi connectivity index (χ2n) is 6.12. The van der Waals surface area contributed by atoms with Gasteiger partial charge in [-0.25, -0.2) is 4.98 Å². The van der Waals surface area contributed by atoms with Crippen LogP contribution >= 0.6 is 11.8 Å². The van der Waals surface area contributed by atoms with Gasteiger partial charge < -0.3 is 10.6 Å². The standard InChI is InChI=1S/C20H21N5O2S/c1-3-14-7-9-15(10-8-14)19-23-20(25-24-19)28-12-18(27)22-17-6-4-5-16(11-17)21-13(2)26/h4-11H,3,12H2,1-2H3,(H,21,26)(H,22,27)(H,23,24,25). The molecule has 0 radical (unpaired) electrons. The van der Waals surface area contributed by atoms with Crippen LogP contribution in [-0.4, -0.2) is 32.7 Å². The summed E-state index contributed by atoms with van der Waals surface area (Å²) in [5.74, 6) is 0.511. The molecule has 3 N–H and O–H groups in total. The zero-order valence-corrected chi connectivity index (χ0v) is 16.5. The maximum atomic E-state index is 12.2. The lowest BCUT2D eigenvalue weighted by atomic mass is 10.1. The molecule has 0 aliphatic rings. The minimum atomic E-state index is -0.177. The Labute approximate surface area is 167 Å². The van der Waals surface area contributed by atoms with Crippen LogP contribution in [0.15, 0.2) is 53.7 Å². The van der Waals surface area contributed by atoms with E-state index in [4.69, 9.17) is 0 Å². The van der Waals surface area contributed by atoms with E-state index in [9.17, 15) is 9.59 Å². The van der Waals surface area contributed by atoms with Crippen molar-refractivity contribution in [1.29, 1.82) is 0 Å². The summed E-state index contributed by atoms with van der Waals surface area (Å²) in [6.07, 6.45) is 0.987. The van der Waals surface area contributed by atoms with Gasteiger partial charge in [0.2, 0.25) is 17.0 Å². The van der Waals surface area contributed by atoms with Gasteiger partial charge in [0, 0.05) is 23.9 Å². The predicted molar refractivity (Wildman–Crippen MR) is 111 cm³/mol. The van der Waals surface area contributed by atoms with Gasteiger partial charge in [0.1, 0.15) is 0 Å². The number of thioether (sulfide) groups is 1. The second-order valence-corrected chi connectivity index (χ2v) is 7.06. The zero-order chi connectivity index (χ0) is 19.9. The molecular weight excluding hydrogens is 374 g/mol. The number of H-pyrrole nitrogens is 1. The Hall–Kier alpha value is -3.13. The normalized spacial score (nSPS) is 10.5. The molecule has 8 heteroatoms. The van der Waals surface area contributed by atoms with Gasteiger partial charge in [0.25, 0.3) is 0 Å². The van der Waals surface area contributed by atoms with Crippen molar-refractivity contribution in [3.63, 3.8) is 0 Å². The van der Waals surface area contributed by atoms with E-state index in [1.807, 2.05) is 12.1 Å². The van der Waals surface area contributed by atoms with Crippen LogP contribution < -0.4 is 10.6 Å². The van der Waals surface area contributed by atoms with Gasteiger partial charge in [0.05, 0.1) is 5.75 Å². The number of nitrogens with zero attached hydrogens (tertiary/aromatic N) is 2. The summed E-state index contributed by atoms with van der Waals surface area (Å²) in [4.78, 5) is 27.7. The molecule has 3 rings (SSSR count). The number of rotatable bonds is 7. The number of amides is 2. The Morgan fingerprint density at radius 1 is 1.07 bits per heavy atom. The molecule has 0 spiro atoms. The van der Waals surface area contributed by atoms with Gasteiger partial charge in [-0.1, -0.05) is 49.0 Å². The first-order valence-corrected chi connectivity index (χ1v) is 9.84. The maximum Gasteiger partial charge on any atom is 0.234 e. The minimum Gasteiger partial charge on any atom is -0.326 e. The Kier molecular flexibility index (Phi) is 6.44. The van der Waals surface area contributed by atoms with Crippen LogP contribution in [0.2, 0.25) is 0 Å². The number of aryl methyl sites for hydroxylation is 1. The summed E-state index contributed by atoms with van der Waals surface area (Å²) in [6, 6.07) is 15.1. The topological polar surface area (TPSA) is 99.8 Å². The van der Waals surface area contributed by atoms with Crippen molar-refractivity contribution in [2.24, 2.45) is 0 Å². The Morgan fingerprint density at radius 2 is 1.79 bits per heavy atom. The summed E-state index contributed by atoms with van der Waals surface area (Å²) in [7, 11) is 0. The van der Waals surface area contributed by atoms with Crippen LogP contribution in [0.4, 0.5) is 11.4 Å². The Bertz CT molecular complexity index is 969. The van der Waals surface area contributed by atoms with Crippen molar-refractivity contribution in [1.82, 2.24) is 15.2 Å². The monoisotopic (exact) mass is 395 g/mol. The van der Waals surface area contributed by atoms with Gasteiger partial charge in [-0.3, -0.25) is 14.7 Å². The third-order valence-electron chi connectivity index (χ3n) is 3.90. The molecule has 0 aliphatic heterocycles. The highest BCUT2D eigenvalue weighted by Crippen LogP contribution is 2.20. The zero-order valence-electron chi connectivity index (χ0n) is 15.7. The molecule has 28 heavy (non-hydrogen) atoms. The number of hydrogen-bond donors (Lipinski definition) is 3. The summed E-state index contributed by atoms with van der Waals surface area (Å²) in [5.41, 5.74) is 3.46. The summed E-state index contributed by atoms with van der Waals surface area (Å²) in [6.45, 7) is 3.55. The SMILES string of the molecule is CCc1ccc(-c2nc(SCC(=O)Nc3cccc(NC(C)=O)c3)n[nH]2)cc1. The Balaban J connectivity index is 1.55. The average Bonchev–Trinajstić information content (AvgIpc) is 3.15. The molecule has 1 aromatic heterocycles. The van der Waals surface area contributed by atoms with Crippen LogP contribution in [0, 0.1) is 0 Å². The lowest BCUT2D eigenvalue weighted by molar-refractivity contribution is -0.114. The summed E-state index contributed by atoms with van der Waals surface area (Å²) in [5, 5.41) is 13.1. The van der Waals surface area contributed by atoms with Gasteiger partial charge in [-0.15, -0.1) is 5.10 Å². The molecule has 0 bridgehead atoms. The molecule has 2 aromatic carbocycles. The van der Waals surface area contributed by atoms with Crippen molar-refractivity contribution in [2.45, 2.75) is 25.4 Å². The van der Waals surface area contributed by atoms with Crippen LogP contribution in [0.1, 0.15) is 19.4 Å². The number of carbonyl (C=O) groups excluding carboxylic acids is 2. The molecular formula is C20H21N5O2S. The molecule has 0 fully saturated rings. The van der Waals surface area contributed by atoms with E-state index < -0.39 is 0 Å². The number of hydrogen-bond acceptors (Lipinski definition) is 5. The fraction of sp³-hybridized carbons (Fsp3) is 0.200. The van der Waals surface area contributed by atoms with Crippen molar-refractivity contribution < 1.29 is 9.59 Å². The first-order valence-electron chi connectivity index (χ1n) is 8.85. The molecule has 2 amide bonds. The number of carbonyl (C=O) groups is 2. The van der Waals surface area contributed by atoms with Crippen LogP contribution in [0.5, 0.6) is 0 Å². The van der Waals surface area contributed by atoms with Gasteiger partial charge >= 0.3 is 0 Å². The first kappa shape index (κ1) is 19.6. The number of aromatic amines is 1. The molecule has 7 nitrogen and oxygen atoms in total. The van der Waals surface area contributed by atoms with E-state index in [2.05, 4.69) is 44.9 Å². The number of benzene rings is 2. The van der Waals surface area contributed by atoms with Crippen molar-refractivity contribution in [3.05, 3.63) is 54.1 Å². The number of aromatic nitrogens is 3. The van der Waals surface area contributed by atoms with Crippen molar-refractivity contribution >= 4 is 35.0 Å². The molecule has 0 aliphatic carbocycles. The minimum absolute atomic E-state index is 0.163. The van der Waals surface area contributed by atoms with Gasteiger partial charge in [0.15, 0.2) is 5.82 Å². The third kappa shape index (κ3) is 5.43. The molecule has 0 atom stereocenters. The second kappa shape index (κ2) is 9.18. The third-order valence-corrected chi connectivity index (χ3v) is 4.75. The molecule has 1 heterocycles. The fourth-order valence-corrected chi connectivity index (χ4v) is 3.14. The largest absolute Gasteiger partial charge is 0.326 e. The fourth-order valence-electron chi connectivity index (χ4n) is 2.54. The predicted octanol–water partition coefficient (Wildman–Crippen LogP) is 3.72. The molecule has 0 saturated heterocycles. The Morgan fingerprint density at radius 3 is 2.46 bits per heavy atom.